The van der Waals surface area contributed by atoms with Crippen LogP contribution in [0.25, 0.3) is 0 Å². The first-order chi connectivity index (χ1) is 12.5. The van der Waals surface area contributed by atoms with Crippen molar-refractivity contribution in [3.63, 3.8) is 0 Å². The van der Waals surface area contributed by atoms with Gasteiger partial charge in [-0.25, -0.2) is 9.59 Å². The van der Waals surface area contributed by atoms with E-state index in [0.717, 1.165) is 9.79 Å². The van der Waals surface area contributed by atoms with E-state index < -0.39 is 30.6 Å². The summed E-state index contributed by atoms with van der Waals surface area (Å²) in [5.41, 5.74) is 5.55. The van der Waals surface area contributed by atoms with E-state index in [9.17, 15) is 14.4 Å². The standard InChI is InChI=1S/C18H19N3O4S/c1-12(20-18(19)24)17(23)25-11-16(22)21-14-9-5-6-10-15(14)26-13-7-3-2-4-8-13/h2-10,12H,11H2,1H3,(H,21,22)(H3,19,20,24). The highest BCUT2D eigenvalue weighted by molar-refractivity contribution is 7.99. The first-order valence-electron chi connectivity index (χ1n) is 7.80. The fraction of sp³-hybridized carbons (Fsp3) is 0.167. The van der Waals surface area contributed by atoms with Gasteiger partial charge in [-0.15, -0.1) is 0 Å². The highest BCUT2D eigenvalue weighted by Gasteiger charge is 2.17. The molecule has 0 aliphatic rings. The number of hydrogen-bond donors (Lipinski definition) is 3. The van der Waals surface area contributed by atoms with Crippen molar-refractivity contribution in [2.45, 2.75) is 22.8 Å². The van der Waals surface area contributed by atoms with E-state index in [2.05, 4.69) is 10.6 Å². The van der Waals surface area contributed by atoms with Gasteiger partial charge in [-0.05, 0) is 31.2 Å². The summed E-state index contributed by atoms with van der Waals surface area (Å²) >= 11 is 1.51. The second kappa shape index (κ2) is 9.47. The van der Waals surface area contributed by atoms with Crippen LogP contribution in [0.3, 0.4) is 0 Å². The normalized spacial score (nSPS) is 11.3. The fourth-order valence-electron chi connectivity index (χ4n) is 1.99. The van der Waals surface area contributed by atoms with Gasteiger partial charge in [-0.3, -0.25) is 4.79 Å². The topological polar surface area (TPSA) is 111 Å². The van der Waals surface area contributed by atoms with E-state index >= 15 is 0 Å². The van der Waals surface area contributed by atoms with Crippen LogP contribution in [-0.2, 0) is 14.3 Å². The third-order valence-electron chi connectivity index (χ3n) is 3.19. The molecule has 0 bridgehead atoms. The van der Waals surface area contributed by atoms with Crippen LogP contribution in [-0.4, -0.2) is 30.6 Å². The lowest BCUT2D eigenvalue weighted by molar-refractivity contribution is -0.148. The summed E-state index contributed by atoms with van der Waals surface area (Å²) in [4.78, 5) is 36.3. The van der Waals surface area contributed by atoms with Gasteiger partial charge in [0.15, 0.2) is 6.61 Å². The van der Waals surface area contributed by atoms with E-state index in [1.54, 1.807) is 12.1 Å². The summed E-state index contributed by atoms with van der Waals surface area (Å²) < 4.78 is 4.87. The minimum atomic E-state index is -0.929. The molecular formula is C18H19N3O4S. The number of benzene rings is 2. The first-order valence-corrected chi connectivity index (χ1v) is 8.61. The maximum Gasteiger partial charge on any atom is 0.328 e. The van der Waals surface area contributed by atoms with E-state index in [4.69, 9.17) is 10.5 Å². The van der Waals surface area contributed by atoms with Crippen molar-refractivity contribution in [2.75, 3.05) is 11.9 Å². The lowest BCUT2D eigenvalue weighted by Crippen LogP contribution is -2.43. The lowest BCUT2D eigenvalue weighted by atomic mass is 10.3. The van der Waals surface area contributed by atoms with Crippen molar-refractivity contribution >= 4 is 35.4 Å². The van der Waals surface area contributed by atoms with Crippen molar-refractivity contribution in [1.82, 2.24) is 5.32 Å². The average molecular weight is 373 g/mol. The second-order valence-electron chi connectivity index (χ2n) is 5.30. The van der Waals surface area contributed by atoms with Crippen LogP contribution in [0.4, 0.5) is 10.5 Å². The van der Waals surface area contributed by atoms with E-state index in [1.165, 1.54) is 18.7 Å². The number of carbonyl (C=O) groups is 3. The summed E-state index contributed by atoms with van der Waals surface area (Å²) in [7, 11) is 0. The molecule has 2 aromatic rings. The molecule has 3 amide bonds. The van der Waals surface area contributed by atoms with Crippen LogP contribution in [0.1, 0.15) is 6.92 Å². The Morgan fingerprint density at radius 2 is 1.73 bits per heavy atom. The number of rotatable bonds is 7. The second-order valence-corrected chi connectivity index (χ2v) is 6.41. The van der Waals surface area contributed by atoms with Gasteiger partial charge in [-0.1, -0.05) is 42.1 Å². The zero-order valence-electron chi connectivity index (χ0n) is 14.1. The Morgan fingerprint density at radius 3 is 2.42 bits per heavy atom. The van der Waals surface area contributed by atoms with Crippen molar-refractivity contribution in [3.05, 3.63) is 54.6 Å². The zero-order chi connectivity index (χ0) is 18.9. The van der Waals surface area contributed by atoms with Gasteiger partial charge >= 0.3 is 12.0 Å². The summed E-state index contributed by atoms with van der Waals surface area (Å²) in [5.74, 6) is -1.23. The molecule has 7 nitrogen and oxygen atoms in total. The van der Waals surface area contributed by atoms with Gasteiger partial charge in [0.05, 0.1) is 5.69 Å². The largest absolute Gasteiger partial charge is 0.454 e. The number of primary amides is 1. The van der Waals surface area contributed by atoms with Gasteiger partial charge < -0.3 is 21.1 Å². The number of amides is 3. The first kappa shape index (κ1) is 19.3. The predicted octanol–water partition coefficient (Wildman–Crippen LogP) is 2.38. The summed E-state index contributed by atoms with van der Waals surface area (Å²) in [5, 5.41) is 4.90. The van der Waals surface area contributed by atoms with E-state index in [-0.39, 0.29) is 0 Å². The number of ether oxygens (including phenoxy) is 1. The quantitative estimate of drug-likeness (QED) is 0.645. The van der Waals surface area contributed by atoms with Crippen molar-refractivity contribution < 1.29 is 19.1 Å². The van der Waals surface area contributed by atoms with Crippen LogP contribution >= 0.6 is 11.8 Å². The van der Waals surface area contributed by atoms with Gasteiger partial charge in [0.1, 0.15) is 6.04 Å². The van der Waals surface area contributed by atoms with Crippen LogP contribution in [0.5, 0.6) is 0 Å². The minimum Gasteiger partial charge on any atom is -0.454 e. The molecule has 0 spiro atoms. The zero-order valence-corrected chi connectivity index (χ0v) is 14.9. The van der Waals surface area contributed by atoms with Crippen LogP contribution in [0, 0.1) is 0 Å². The molecule has 8 heteroatoms. The third-order valence-corrected chi connectivity index (χ3v) is 4.27. The minimum absolute atomic E-state index is 0.464. The third kappa shape index (κ3) is 6.14. The Balaban J connectivity index is 1.93. The Morgan fingerprint density at radius 1 is 1.08 bits per heavy atom. The maximum atomic E-state index is 12.1. The molecule has 0 saturated heterocycles. The van der Waals surface area contributed by atoms with Crippen molar-refractivity contribution in [2.24, 2.45) is 5.73 Å². The Bertz CT molecular complexity index is 783. The molecule has 26 heavy (non-hydrogen) atoms. The summed E-state index contributed by atoms with van der Waals surface area (Å²) in [6.45, 7) is 0.949. The molecule has 4 N–H and O–H groups in total. The number of urea groups is 1. The number of nitrogens with one attached hydrogen (secondary N) is 2. The molecular weight excluding hydrogens is 354 g/mol. The molecule has 0 radical (unpaired) electrons. The van der Waals surface area contributed by atoms with Gasteiger partial charge in [-0.2, -0.15) is 0 Å². The molecule has 1 unspecified atom stereocenters. The number of hydrogen-bond acceptors (Lipinski definition) is 5. The Hall–Kier alpha value is -3.00. The van der Waals surface area contributed by atoms with E-state index in [0.29, 0.717) is 5.69 Å². The molecule has 2 aromatic carbocycles. The summed E-state index contributed by atoms with van der Waals surface area (Å²) in [6.07, 6.45) is 0. The maximum absolute atomic E-state index is 12.1. The van der Waals surface area contributed by atoms with Crippen molar-refractivity contribution in [1.29, 1.82) is 0 Å². The Labute approximate surface area is 155 Å². The highest BCUT2D eigenvalue weighted by atomic mass is 32.2. The molecule has 0 aromatic heterocycles. The molecule has 0 aliphatic heterocycles. The molecule has 2 rings (SSSR count). The molecule has 0 saturated carbocycles. The molecule has 136 valence electrons. The van der Waals surface area contributed by atoms with E-state index in [1.807, 2.05) is 42.5 Å². The number of carbonyl (C=O) groups excluding carboxylic acids is 3. The predicted molar refractivity (Wildman–Crippen MR) is 98.8 cm³/mol. The molecule has 0 aliphatic carbocycles. The Kier molecular flexibility index (Phi) is 7.04. The number of anilines is 1. The summed E-state index contributed by atoms with van der Waals surface area (Å²) in [6, 6.07) is 15.3. The highest BCUT2D eigenvalue weighted by Crippen LogP contribution is 2.33. The number of esters is 1. The lowest BCUT2D eigenvalue weighted by Gasteiger charge is -2.13. The monoisotopic (exact) mass is 373 g/mol. The smallest absolute Gasteiger partial charge is 0.328 e. The van der Waals surface area contributed by atoms with Crippen LogP contribution < -0.4 is 16.4 Å². The van der Waals surface area contributed by atoms with Crippen LogP contribution in [0.2, 0.25) is 0 Å². The average Bonchev–Trinajstić information content (AvgIpc) is 2.61. The van der Waals surface area contributed by atoms with Crippen LogP contribution in [0.15, 0.2) is 64.4 Å². The number of para-hydroxylation sites is 1. The van der Waals surface area contributed by atoms with Gasteiger partial charge in [0.25, 0.3) is 5.91 Å². The molecule has 0 fully saturated rings. The van der Waals surface area contributed by atoms with Gasteiger partial charge in [0, 0.05) is 9.79 Å². The fourth-order valence-corrected chi connectivity index (χ4v) is 2.92. The van der Waals surface area contributed by atoms with Gasteiger partial charge in [0.2, 0.25) is 0 Å². The number of nitrogens with two attached hydrogens (primary N) is 1. The molecule has 0 heterocycles. The van der Waals surface area contributed by atoms with Crippen molar-refractivity contribution in [3.8, 4) is 0 Å². The molecule has 1 atom stereocenters. The SMILES string of the molecule is CC(NC(N)=O)C(=O)OCC(=O)Nc1ccccc1Sc1ccccc1.